The lowest BCUT2D eigenvalue weighted by Gasteiger charge is -2.44. The van der Waals surface area contributed by atoms with Crippen molar-refractivity contribution in [3.05, 3.63) is 83.9 Å². The molecule has 5 aliphatic rings. The molecule has 2 aromatic carbocycles. The fraction of sp³-hybridized carbons (Fsp3) is 0.455. The van der Waals surface area contributed by atoms with Crippen LogP contribution in [0.2, 0.25) is 0 Å². The first-order chi connectivity index (χ1) is 22.1. The third-order valence-electron chi connectivity index (χ3n) is 8.82. The molecule has 2 aromatic rings. The van der Waals surface area contributed by atoms with Gasteiger partial charge in [-0.15, -0.1) is 0 Å². The van der Waals surface area contributed by atoms with E-state index in [1.807, 2.05) is 24.3 Å². The van der Waals surface area contributed by atoms with E-state index in [4.69, 9.17) is 28.4 Å². The number of aliphatic hydroxyl groups excluding tert-OH is 4. The standard InChI is InChI=1S/C33H36O13/c34-22(13-11-18-7-3-1-4-8-18)41-16-21-27(37)28(38)29(39)32(43-21)46-31-25-20-15-24(45-31)42-17-33(25,40)30(26(20)36)44-23(35)14-12-19-9-5-2-6-10-19/h1-14,20-21,24-32,36-40H,15-17H2/b13-11+,14-12+/t20-,21-,24?,25-,26+,27-,28+,29-,30-,31+,32+,33-/m1/s1. The van der Waals surface area contributed by atoms with E-state index < -0.39 is 91.5 Å². The minimum atomic E-state index is -1.95. The first-order valence-corrected chi connectivity index (χ1v) is 15.0. The Labute approximate surface area is 264 Å². The van der Waals surface area contributed by atoms with Gasteiger partial charge in [0.15, 0.2) is 25.0 Å². The molecule has 7 rings (SSSR count). The molecule has 1 unspecified atom stereocenters. The fourth-order valence-electron chi connectivity index (χ4n) is 6.46. The summed E-state index contributed by atoms with van der Waals surface area (Å²) in [5.41, 5.74) is -0.434. The SMILES string of the molecule is O=C(/C=C/c1ccccc1)OC[C@H]1O[C@@H](O[C@@H]2OC3C[C@H]4[C@H](O)[C@@H](OC(=O)/C=C/c5ccccc5)[C@@](O)(CO3)[C@@H]24)[C@H](O)[C@@H](O)[C@@H]1O. The molecule has 13 nitrogen and oxygen atoms in total. The van der Waals surface area contributed by atoms with Gasteiger partial charge in [0.05, 0.1) is 18.6 Å². The highest BCUT2D eigenvalue weighted by Gasteiger charge is 2.69. The van der Waals surface area contributed by atoms with Crippen LogP contribution in [0.5, 0.6) is 0 Å². The zero-order chi connectivity index (χ0) is 32.4. The zero-order valence-electron chi connectivity index (χ0n) is 24.6. The van der Waals surface area contributed by atoms with Gasteiger partial charge in [0, 0.05) is 24.5 Å². The van der Waals surface area contributed by atoms with E-state index in [1.54, 1.807) is 42.5 Å². The Balaban J connectivity index is 1.12. The van der Waals surface area contributed by atoms with E-state index in [0.717, 1.165) is 11.1 Å². The number of benzene rings is 2. The lowest BCUT2D eigenvalue weighted by Crippen LogP contribution is -2.61. The van der Waals surface area contributed by atoms with Crippen LogP contribution in [0.3, 0.4) is 0 Å². The molecule has 46 heavy (non-hydrogen) atoms. The smallest absolute Gasteiger partial charge is 0.331 e. The molecular weight excluding hydrogens is 604 g/mol. The number of carbonyl (C=O) groups is 2. The average molecular weight is 641 g/mol. The summed E-state index contributed by atoms with van der Waals surface area (Å²) in [7, 11) is 0. The number of esters is 2. The van der Waals surface area contributed by atoms with Crippen LogP contribution in [0.25, 0.3) is 12.2 Å². The summed E-state index contributed by atoms with van der Waals surface area (Å²) in [6, 6.07) is 18.1. The molecular formula is C33H36O13. The molecule has 0 spiro atoms. The molecule has 4 bridgehead atoms. The van der Waals surface area contributed by atoms with Crippen molar-refractivity contribution in [3.8, 4) is 0 Å². The lowest BCUT2D eigenvalue weighted by atomic mass is 9.82. The van der Waals surface area contributed by atoms with Crippen molar-refractivity contribution in [1.82, 2.24) is 0 Å². The highest BCUT2D eigenvalue weighted by Crippen LogP contribution is 2.53. The second-order valence-electron chi connectivity index (χ2n) is 11.8. The van der Waals surface area contributed by atoms with Crippen LogP contribution in [-0.4, -0.2) is 112 Å². The summed E-state index contributed by atoms with van der Waals surface area (Å²) >= 11 is 0. The summed E-state index contributed by atoms with van der Waals surface area (Å²) in [5.74, 6) is -3.22. The zero-order valence-corrected chi connectivity index (χ0v) is 24.6. The van der Waals surface area contributed by atoms with E-state index in [9.17, 15) is 35.1 Å². The highest BCUT2D eigenvalue weighted by molar-refractivity contribution is 5.87. The number of hydrogen-bond acceptors (Lipinski definition) is 13. The molecule has 1 aliphatic carbocycles. The van der Waals surface area contributed by atoms with Crippen LogP contribution in [0.4, 0.5) is 0 Å². The fourth-order valence-corrected chi connectivity index (χ4v) is 6.46. The van der Waals surface area contributed by atoms with E-state index in [0.29, 0.717) is 0 Å². The van der Waals surface area contributed by atoms with Gasteiger partial charge in [-0.05, 0) is 23.3 Å². The Morgan fingerprint density at radius 1 is 0.804 bits per heavy atom. The van der Waals surface area contributed by atoms with Crippen molar-refractivity contribution in [3.63, 3.8) is 0 Å². The average Bonchev–Trinajstić information content (AvgIpc) is 3.16. The quantitative estimate of drug-likeness (QED) is 0.184. The van der Waals surface area contributed by atoms with Crippen molar-refractivity contribution < 1.29 is 63.5 Å². The van der Waals surface area contributed by atoms with Crippen molar-refractivity contribution in [2.75, 3.05) is 13.2 Å². The summed E-state index contributed by atoms with van der Waals surface area (Å²) in [4.78, 5) is 25.0. The first-order valence-electron chi connectivity index (χ1n) is 15.0. The minimum absolute atomic E-state index is 0.159. The molecule has 1 saturated carbocycles. The van der Waals surface area contributed by atoms with Gasteiger partial charge in [-0.2, -0.15) is 0 Å². The monoisotopic (exact) mass is 640 g/mol. The van der Waals surface area contributed by atoms with Crippen LogP contribution in [0.1, 0.15) is 17.5 Å². The Morgan fingerprint density at radius 2 is 1.43 bits per heavy atom. The molecule has 5 fully saturated rings. The maximum Gasteiger partial charge on any atom is 0.331 e. The van der Waals surface area contributed by atoms with Gasteiger partial charge in [-0.25, -0.2) is 9.59 Å². The van der Waals surface area contributed by atoms with Gasteiger partial charge in [-0.1, -0.05) is 60.7 Å². The molecule has 13 heteroatoms. The van der Waals surface area contributed by atoms with Gasteiger partial charge in [0.25, 0.3) is 0 Å². The Hall–Kier alpha value is -3.50. The van der Waals surface area contributed by atoms with Crippen LogP contribution in [0.15, 0.2) is 72.8 Å². The van der Waals surface area contributed by atoms with E-state index >= 15 is 0 Å². The Kier molecular flexibility index (Phi) is 9.66. The Bertz CT molecular complexity index is 1420. The Morgan fingerprint density at radius 3 is 2.09 bits per heavy atom. The predicted molar refractivity (Wildman–Crippen MR) is 157 cm³/mol. The third-order valence-corrected chi connectivity index (χ3v) is 8.82. The summed E-state index contributed by atoms with van der Waals surface area (Å²) in [5, 5.41) is 54.9. The van der Waals surface area contributed by atoms with Crippen LogP contribution < -0.4 is 0 Å². The number of rotatable bonds is 9. The summed E-state index contributed by atoms with van der Waals surface area (Å²) < 4.78 is 34.0. The number of ether oxygens (including phenoxy) is 6. The molecule has 5 N–H and O–H groups in total. The number of carbonyl (C=O) groups excluding carboxylic acids is 2. The highest BCUT2D eigenvalue weighted by atomic mass is 16.8. The second-order valence-corrected chi connectivity index (χ2v) is 11.8. The molecule has 0 aromatic heterocycles. The van der Waals surface area contributed by atoms with Gasteiger partial charge in [0.1, 0.15) is 36.6 Å². The topological polar surface area (TPSA) is 191 Å². The van der Waals surface area contributed by atoms with Crippen LogP contribution >= 0.6 is 0 Å². The largest absolute Gasteiger partial charge is 0.460 e. The lowest BCUT2D eigenvalue weighted by molar-refractivity contribution is -0.371. The predicted octanol–water partition coefficient (Wildman–Crippen LogP) is 0.133. The van der Waals surface area contributed by atoms with Gasteiger partial charge >= 0.3 is 11.9 Å². The minimum Gasteiger partial charge on any atom is -0.460 e. The molecule has 4 aliphatic heterocycles. The van der Waals surface area contributed by atoms with Gasteiger partial charge in [0.2, 0.25) is 0 Å². The van der Waals surface area contributed by atoms with Crippen molar-refractivity contribution in [2.45, 2.75) is 67.5 Å². The van der Waals surface area contributed by atoms with E-state index in [2.05, 4.69) is 0 Å². The molecule has 12 atom stereocenters. The number of hydrogen-bond donors (Lipinski definition) is 5. The van der Waals surface area contributed by atoms with E-state index in [-0.39, 0.29) is 13.0 Å². The van der Waals surface area contributed by atoms with Crippen molar-refractivity contribution >= 4 is 24.1 Å². The second kappa shape index (κ2) is 13.7. The molecule has 4 heterocycles. The molecule has 4 saturated heterocycles. The maximum absolute atomic E-state index is 12.7. The van der Waals surface area contributed by atoms with Crippen molar-refractivity contribution in [2.24, 2.45) is 11.8 Å². The van der Waals surface area contributed by atoms with Gasteiger partial charge in [-0.3, -0.25) is 0 Å². The third kappa shape index (κ3) is 6.65. The van der Waals surface area contributed by atoms with Crippen LogP contribution in [-0.2, 0) is 38.0 Å². The maximum atomic E-state index is 12.7. The summed E-state index contributed by atoms with van der Waals surface area (Å²) in [6.45, 7) is -0.830. The van der Waals surface area contributed by atoms with Crippen LogP contribution in [0, 0.1) is 11.8 Å². The molecule has 0 radical (unpaired) electrons. The molecule has 246 valence electrons. The first kappa shape index (κ1) is 32.4. The van der Waals surface area contributed by atoms with Crippen molar-refractivity contribution in [1.29, 1.82) is 0 Å². The van der Waals surface area contributed by atoms with Gasteiger partial charge < -0.3 is 54.0 Å². The molecule has 0 amide bonds. The number of fused-ring (bicyclic) bond motifs is 2. The van der Waals surface area contributed by atoms with E-state index in [1.165, 1.54) is 18.2 Å². The summed E-state index contributed by atoms with van der Waals surface area (Å²) in [6.07, 6.45) is -7.39. The normalized spacial score (nSPS) is 38.6. The number of aliphatic hydroxyl groups is 5.